The Morgan fingerprint density at radius 2 is 1.96 bits per heavy atom. The molecule has 0 saturated carbocycles. The largest absolute Gasteiger partial charge is 0.492 e. The fraction of sp³-hybridized carbons (Fsp3) is 0.611. The Bertz CT molecular complexity index is 460. The number of likely N-dealkylation sites (N-methyl/N-ethyl adjacent to an activating group) is 1. The van der Waals surface area contributed by atoms with Crippen molar-refractivity contribution in [1.29, 1.82) is 0 Å². The number of unbranched alkanes of at least 4 members (excludes halogenated alkanes) is 2. The van der Waals surface area contributed by atoms with Crippen LogP contribution >= 0.6 is 0 Å². The van der Waals surface area contributed by atoms with Gasteiger partial charge in [0, 0.05) is 32.2 Å². The van der Waals surface area contributed by atoms with Crippen molar-refractivity contribution >= 4 is 5.96 Å². The highest BCUT2D eigenvalue weighted by molar-refractivity contribution is 5.79. The maximum absolute atomic E-state index is 5.89. The Morgan fingerprint density at radius 1 is 1.17 bits per heavy atom. The van der Waals surface area contributed by atoms with Crippen LogP contribution in [0.25, 0.3) is 0 Å². The summed E-state index contributed by atoms with van der Waals surface area (Å²) in [7, 11) is 5.89. The van der Waals surface area contributed by atoms with Gasteiger partial charge in [0.05, 0.1) is 0 Å². The average Bonchev–Trinajstić information content (AvgIpc) is 2.55. The molecule has 0 heterocycles. The Morgan fingerprint density at radius 3 is 2.65 bits per heavy atom. The van der Waals surface area contributed by atoms with Gasteiger partial charge in [0.1, 0.15) is 12.4 Å². The van der Waals surface area contributed by atoms with Crippen LogP contribution in [-0.4, -0.2) is 51.7 Å². The first kappa shape index (κ1) is 19.3. The van der Waals surface area contributed by atoms with Crippen molar-refractivity contribution in [3.8, 4) is 5.75 Å². The second kappa shape index (κ2) is 11.8. The van der Waals surface area contributed by atoms with E-state index in [-0.39, 0.29) is 0 Å². The zero-order valence-corrected chi connectivity index (χ0v) is 15.1. The van der Waals surface area contributed by atoms with Gasteiger partial charge in [0.25, 0.3) is 0 Å². The normalized spacial score (nSPS) is 11.6. The van der Waals surface area contributed by atoms with E-state index in [0.717, 1.165) is 30.4 Å². The molecule has 1 aromatic carbocycles. The first-order valence-corrected chi connectivity index (χ1v) is 8.47. The zero-order chi connectivity index (χ0) is 16.9. The molecule has 0 aliphatic carbocycles. The van der Waals surface area contributed by atoms with Gasteiger partial charge in [-0.2, -0.15) is 0 Å². The van der Waals surface area contributed by atoms with Crippen molar-refractivity contribution in [2.24, 2.45) is 4.99 Å². The maximum Gasteiger partial charge on any atom is 0.191 e. The molecule has 0 bridgehead atoms. The van der Waals surface area contributed by atoms with Crippen LogP contribution in [0.1, 0.15) is 31.7 Å². The summed E-state index contributed by atoms with van der Waals surface area (Å²) in [5.74, 6) is 1.77. The van der Waals surface area contributed by atoms with Crippen molar-refractivity contribution < 1.29 is 4.74 Å². The number of para-hydroxylation sites is 1. The first-order chi connectivity index (χ1) is 11.2. The van der Waals surface area contributed by atoms with Crippen molar-refractivity contribution in [1.82, 2.24) is 15.5 Å². The molecule has 130 valence electrons. The molecule has 0 atom stereocenters. The second-order valence-corrected chi connectivity index (χ2v) is 5.82. The van der Waals surface area contributed by atoms with Gasteiger partial charge >= 0.3 is 0 Å². The highest BCUT2D eigenvalue weighted by atomic mass is 16.5. The van der Waals surface area contributed by atoms with Crippen molar-refractivity contribution in [2.45, 2.75) is 32.7 Å². The van der Waals surface area contributed by atoms with Crippen LogP contribution < -0.4 is 15.4 Å². The van der Waals surface area contributed by atoms with E-state index in [2.05, 4.69) is 33.5 Å². The molecule has 0 spiro atoms. The molecule has 0 aliphatic heterocycles. The van der Waals surface area contributed by atoms with E-state index in [4.69, 9.17) is 4.74 Å². The monoisotopic (exact) mass is 320 g/mol. The van der Waals surface area contributed by atoms with Crippen LogP contribution in [0.4, 0.5) is 0 Å². The molecule has 1 rings (SSSR count). The quantitative estimate of drug-likeness (QED) is 0.395. The van der Waals surface area contributed by atoms with Crippen LogP contribution in [0.2, 0.25) is 0 Å². The molecule has 2 N–H and O–H groups in total. The molecule has 0 saturated heterocycles. The Kier molecular flexibility index (Phi) is 9.87. The predicted molar refractivity (Wildman–Crippen MR) is 98.2 cm³/mol. The molecule has 0 radical (unpaired) electrons. The van der Waals surface area contributed by atoms with Crippen molar-refractivity contribution in [2.75, 3.05) is 40.8 Å². The maximum atomic E-state index is 5.89. The zero-order valence-electron chi connectivity index (χ0n) is 15.1. The standard InChI is InChI=1S/C18H32N4O/c1-5-6-9-12-20-18(19-2)21-15-16-10-7-8-11-17(16)23-14-13-22(3)4/h7-8,10-11H,5-6,9,12-15H2,1-4H3,(H2,19,20,21). The summed E-state index contributed by atoms with van der Waals surface area (Å²) < 4.78 is 5.89. The third kappa shape index (κ3) is 8.45. The molecular formula is C18H32N4O. The number of aliphatic imine (C=N–C) groups is 1. The second-order valence-electron chi connectivity index (χ2n) is 5.82. The van der Waals surface area contributed by atoms with Gasteiger partial charge in [-0.25, -0.2) is 0 Å². The Hall–Kier alpha value is -1.75. The summed E-state index contributed by atoms with van der Waals surface area (Å²) in [6.07, 6.45) is 3.64. The van der Waals surface area contributed by atoms with Gasteiger partial charge in [-0.15, -0.1) is 0 Å². The number of nitrogens with zero attached hydrogens (tertiary/aromatic N) is 2. The molecule has 5 nitrogen and oxygen atoms in total. The molecular weight excluding hydrogens is 288 g/mol. The fourth-order valence-electron chi connectivity index (χ4n) is 2.11. The van der Waals surface area contributed by atoms with Crippen molar-refractivity contribution in [3.05, 3.63) is 29.8 Å². The van der Waals surface area contributed by atoms with Gasteiger partial charge in [-0.05, 0) is 26.6 Å². The number of guanidine groups is 1. The molecule has 1 aromatic rings. The van der Waals surface area contributed by atoms with Gasteiger partial charge in [0.2, 0.25) is 0 Å². The van der Waals surface area contributed by atoms with Crippen LogP contribution in [0.5, 0.6) is 5.75 Å². The number of ether oxygens (including phenoxy) is 1. The number of rotatable bonds is 10. The molecule has 0 aromatic heterocycles. The first-order valence-electron chi connectivity index (χ1n) is 8.47. The van der Waals surface area contributed by atoms with Crippen LogP contribution in [0.3, 0.4) is 0 Å². The summed E-state index contributed by atoms with van der Waals surface area (Å²) >= 11 is 0. The number of hydrogen-bond donors (Lipinski definition) is 2. The summed E-state index contributed by atoms with van der Waals surface area (Å²) in [4.78, 5) is 6.38. The lowest BCUT2D eigenvalue weighted by Crippen LogP contribution is -2.37. The summed E-state index contributed by atoms with van der Waals surface area (Å²) in [5.41, 5.74) is 1.14. The molecule has 23 heavy (non-hydrogen) atoms. The lowest BCUT2D eigenvalue weighted by atomic mass is 10.2. The van der Waals surface area contributed by atoms with E-state index < -0.39 is 0 Å². The van der Waals surface area contributed by atoms with Gasteiger partial charge < -0.3 is 20.3 Å². The molecule has 0 fully saturated rings. The SMILES string of the molecule is CCCCCNC(=NC)NCc1ccccc1OCCN(C)C. The lowest BCUT2D eigenvalue weighted by Gasteiger charge is -2.16. The predicted octanol–water partition coefficient (Wildman–Crippen LogP) is 2.48. The van der Waals surface area contributed by atoms with E-state index in [0.29, 0.717) is 13.2 Å². The van der Waals surface area contributed by atoms with E-state index in [1.165, 1.54) is 19.3 Å². The van der Waals surface area contributed by atoms with Crippen LogP contribution in [0, 0.1) is 0 Å². The Balaban J connectivity index is 2.46. The highest BCUT2D eigenvalue weighted by Gasteiger charge is 2.04. The minimum Gasteiger partial charge on any atom is -0.492 e. The van der Waals surface area contributed by atoms with E-state index in [1.807, 2.05) is 32.3 Å². The average molecular weight is 320 g/mol. The van der Waals surface area contributed by atoms with Gasteiger partial charge in [-0.3, -0.25) is 4.99 Å². The van der Waals surface area contributed by atoms with E-state index in [9.17, 15) is 0 Å². The minimum atomic E-state index is 0.688. The molecule has 5 heteroatoms. The van der Waals surface area contributed by atoms with Crippen LogP contribution in [0.15, 0.2) is 29.3 Å². The van der Waals surface area contributed by atoms with E-state index >= 15 is 0 Å². The smallest absolute Gasteiger partial charge is 0.191 e. The molecule has 0 unspecified atom stereocenters. The summed E-state index contributed by atoms with van der Waals surface area (Å²) in [5, 5.41) is 6.69. The highest BCUT2D eigenvalue weighted by Crippen LogP contribution is 2.17. The number of benzene rings is 1. The third-order valence-electron chi connectivity index (χ3n) is 3.51. The fourth-order valence-corrected chi connectivity index (χ4v) is 2.11. The summed E-state index contributed by atoms with van der Waals surface area (Å²) in [6.45, 7) is 5.46. The third-order valence-corrected chi connectivity index (χ3v) is 3.51. The van der Waals surface area contributed by atoms with Gasteiger partial charge in [0.15, 0.2) is 5.96 Å². The summed E-state index contributed by atoms with van der Waals surface area (Å²) in [6, 6.07) is 8.14. The minimum absolute atomic E-state index is 0.688. The van der Waals surface area contributed by atoms with Crippen LogP contribution in [-0.2, 0) is 6.54 Å². The number of nitrogens with one attached hydrogen (secondary N) is 2. The Labute approximate surface area is 141 Å². The number of hydrogen-bond acceptors (Lipinski definition) is 3. The van der Waals surface area contributed by atoms with Crippen molar-refractivity contribution in [3.63, 3.8) is 0 Å². The lowest BCUT2D eigenvalue weighted by molar-refractivity contribution is 0.259. The molecule has 0 aliphatic rings. The molecule has 0 amide bonds. The van der Waals surface area contributed by atoms with Gasteiger partial charge in [-0.1, -0.05) is 38.0 Å². The topological polar surface area (TPSA) is 48.9 Å². The van der Waals surface area contributed by atoms with E-state index in [1.54, 1.807) is 7.05 Å².